The van der Waals surface area contributed by atoms with Crippen LogP contribution in [-0.2, 0) is 11.2 Å². The molecule has 3 aromatic carbocycles. The molecule has 0 radical (unpaired) electrons. The monoisotopic (exact) mass is 426 g/mol. The number of piperazine rings is 1. The fourth-order valence-corrected chi connectivity index (χ4v) is 4.63. The van der Waals surface area contributed by atoms with E-state index in [1.54, 1.807) is 12.1 Å². The third-order valence-corrected chi connectivity index (χ3v) is 6.42. The van der Waals surface area contributed by atoms with Crippen LogP contribution in [0.3, 0.4) is 0 Å². The number of nitrogens with zero attached hydrogens (tertiary/aromatic N) is 2. The van der Waals surface area contributed by atoms with Crippen molar-refractivity contribution >= 4 is 17.6 Å². The molecule has 0 spiro atoms. The molecule has 0 aromatic heterocycles. The smallest absolute Gasteiger partial charge is 0.339 e. The maximum absolute atomic E-state index is 13.2. The summed E-state index contributed by atoms with van der Waals surface area (Å²) in [6, 6.07) is 23.5. The Balaban J connectivity index is 1.31. The van der Waals surface area contributed by atoms with Crippen LogP contribution < -0.4 is 4.90 Å². The summed E-state index contributed by atoms with van der Waals surface area (Å²) in [6.45, 7) is 5.10. The van der Waals surface area contributed by atoms with Crippen LogP contribution in [0.4, 0.5) is 5.69 Å². The van der Waals surface area contributed by atoms with Crippen molar-refractivity contribution in [3.63, 3.8) is 0 Å². The van der Waals surface area contributed by atoms with Crippen molar-refractivity contribution in [1.29, 1.82) is 0 Å². The Morgan fingerprint density at radius 3 is 2.38 bits per heavy atom. The predicted molar refractivity (Wildman–Crippen MR) is 124 cm³/mol. The van der Waals surface area contributed by atoms with Gasteiger partial charge in [-0.3, -0.25) is 4.79 Å². The molecule has 0 aliphatic carbocycles. The molecule has 1 fully saturated rings. The molecule has 1 amide bonds. The van der Waals surface area contributed by atoms with E-state index in [0.717, 1.165) is 24.2 Å². The van der Waals surface area contributed by atoms with Gasteiger partial charge in [0.2, 0.25) is 0 Å². The van der Waals surface area contributed by atoms with Crippen LogP contribution in [0.5, 0.6) is 0 Å². The summed E-state index contributed by atoms with van der Waals surface area (Å²) in [5.74, 6) is -0.307. The van der Waals surface area contributed by atoms with Crippen molar-refractivity contribution in [2.24, 2.45) is 0 Å². The quantitative estimate of drug-likeness (QED) is 0.582. The number of fused-ring (bicyclic) bond motifs is 1. The molecule has 5 heteroatoms. The minimum atomic E-state index is -0.328. The molecule has 1 saturated heterocycles. The molecule has 32 heavy (non-hydrogen) atoms. The van der Waals surface area contributed by atoms with E-state index in [1.165, 1.54) is 11.3 Å². The molecule has 3 aromatic rings. The van der Waals surface area contributed by atoms with Gasteiger partial charge in [0.15, 0.2) is 0 Å². The number of hydrogen-bond acceptors (Lipinski definition) is 4. The van der Waals surface area contributed by atoms with Gasteiger partial charge >= 0.3 is 5.97 Å². The van der Waals surface area contributed by atoms with Gasteiger partial charge in [-0.15, -0.1) is 0 Å². The molecule has 0 N–H and O–H groups in total. The number of ether oxygens (including phenoxy) is 1. The fraction of sp³-hybridized carbons (Fsp3) is 0.259. The fourth-order valence-electron chi connectivity index (χ4n) is 4.63. The lowest BCUT2D eigenvalue weighted by Gasteiger charge is -2.37. The Kier molecular flexibility index (Phi) is 5.39. The molecule has 0 saturated carbocycles. The maximum Gasteiger partial charge on any atom is 0.339 e. The summed E-state index contributed by atoms with van der Waals surface area (Å²) in [5.41, 5.74) is 5.52. The van der Waals surface area contributed by atoms with Crippen molar-refractivity contribution in [3.05, 3.63) is 101 Å². The molecule has 2 aliphatic rings. The molecule has 1 unspecified atom stereocenters. The van der Waals surface area contributed by atoms with Gasteiger partial charge in [0.05, 0.1) is 5.56 Å². The second-order valence-corrected chi connectivity index (χ2v) is 8.45. The molecule has 2 heterocycles. The standard InChI is InChI=1S/C27H26N2O3/c1-19-7-5-6-10-24(19)28-13-15-29(16-14-28)26(30)21-11-12-23-22(17-21)18-25(32-27(23)31)20-8-3-2-4-9-20/h2-12,17,25H,13-16,18H2,1H3. The second kappa shape index (κ2) is 8.50. The Labute approximate surface area is 188 Å². The summed E-state index contributed by atoms with van der Waals surface area (Å²) < 4.78 is 5.64. The van der Waals surface area contributed by atoms with Crippen molar-refractivity contribution in [3.8, 4) is 0 Å². The molecular formula is C27H26N2O3. The molecule has 1 atom stereocenters. The van der Waals surface area contributed by atoms with Gasteiger partial charge in [0.25, 0.3) is 5.91 Å². The first-order valence-corrected chi connectivity index (χ1v) is 11.1. The average molecular weight is 427 g/mol. The number of aryl methyl sites for hydroxylation is 1. The number of benzene rings is 3. The average Bonchev–Trinajstić information content (AvgIpc) is 2.84. The van der Waals surface area contributed by atoms with E-state index in [1.807, 2.05) is 47.4 Å². The van der Waals surface area contributed by atoms with Crippen LogP contribution in [0.15, 0.2) is 72.8 Å². The summed E-state index contributed by atoms with van der Waals surface area (Å²) in [5, 5.41) is 0. The Morgan fingerprint density at radius 2 is 1.62 bits per heavy atom. The first kappa shape index (κ1) is 20.3. The van der Waals surface area contributed by atoms with E-state index >= 15 is 0 Å². The molecular weight excluding hydrogens is 400 g/mol. The highest BCUT2D eigenvalue weighted by atomic mass is 16.5. The van der Waals surface area contributed by atoms with Gasteiger partial charge in [0.1, 0.15) is 6.10 Å². The van der Waals surface area contributed by atoms with E-state index in [0.29, 0.717) is 30.6 Å². The minimum Gasteiger partial charge on any atom is -0.454 e. The number of anilines is 1. The number of carbonyl (C=O) groups excluding carboxylic acids is 2. The van der Waals surface area contributed by atoms with Crippen molar-refractivity contribution in [2.45, 2.75) is 19.4 Å². The molecule has 162 valence electrons. The number of amides is 1. The second-order valence-electron chi connectivity index (χ2n) is 8.45. The van der Waals surface area contributed by atoms with Crippen LogP contribution >= 0.6 is 0 Å². The summed E-state index contributed by atoms with van der Waals surface area (Å²) >= 11 is 0. The van der Waals surface area contributed by atoms with E-state index in [4.69, 9.17) is 4.74 Å². The van der Waals surface area contributed by atoms with Gasteiger partial charge in [0, 0.05) is 43.9 Å². The van der Waals surface area contributed by atoms with Crippen molar-refractivity contribution in [1.82, 2.24) is 4.90 Å². The minimum absolute atomic E-state index is 0.0208. The molecule has 0 bridgehead atoms. The van der Waals surface area contributed by atoms with E-state index < -0.39 is 0 Å². The third kappa shape index (κ3) is 3.86. The zero-order valence-corrected chi connectivity index (χ0v) is 18.2. The number of carbonyl (C=O) groups is 2. The Hall–Kier alpha value is -3.60. The van der Waals surface area contributed by atoms with Crippen molar-refractivity contribution < 1.29 is 14.3 Å². The number of cyclic esters (lactones) is 1. The van der Waals surface area contributed by atoms with E-state index in [2.05, 4.69) is 30.0 Å². The van der Waals surface area contributed by atoms with Crippen LogP contribution in [-0.4, -0.2) is 43.0 Å². The summed E-state index contributed by atoms with van der Waals surface area (Å²) in [4.78, 5) is 30.0. The highest BCUT2D eigenvalue weighted by molar-refractivity contribution is 5.98. The maximum atomic E-state index is 13.2. The predicted octanol–water partition coefficient (Wildman–Crippen LogP) is 4.41. The number of esters is 1. The van der Waals surface area contributed by atoms with Crippen LogP contribution in [0.25, 0.3) is 0 Å². The lowest BCUT2D eigenvalue weighted by Crippen LogP contribution is -2.49. The van der Waals surface area contributed by atoms with Crippen LogP contribution in [0, 0.1) is 6.92 Å². The Bertz CT molecular complexity index is 1150. The lowest BCUT2D eigenvalue weighted by molar-refractivity contribution is 0.0252. The zero-order chi connectivity index (χ0) is 22.1. The molecule has 5 rings (SSSR count). The Morgan fingerprint density at radius 1 is 0.906 bits per heavy atom. The van der Waals surface area contributed by atoms with Crippen LogP contribution in [0.2, 0.25) is 0 Å². The number of rotatable bonds is 3. The lowest BCUT2D eigenvalue weighted by atomic mass is 9.93. The van der Waals surface area contributed by atoms with Gasteiger partial charge < -0.3 is 14.5 Å². The van der Waals surface area contributed by atoms with Gasteiger partial charge in [-0.05, 0) is 47.9 Å². The molecule has 5 nitrogen and oxygen atoms in total. The summed E-state index contributed by atoms with van der Waals surface area (Å²) in [6.07, 6.45) is 0.256. The van der Waals surface area contributed by atoms with E-state index in [9.17, 15) is 9.59 Å². The summed E-state index contributed by atoms with van der Waals surface area (Å²) in [7, 11) is 0. The largest absolute Gasteiger partial charge is 0.454 e. The number of para-hydroxylation sites is 1. The highest BCUT2D eigenvalue weighted by Crippen LogP contribution is 2.31. The topological polar surface area (TPSA) is 49.9 Å². The van der Waals surface area contributed by atoms with E-state index in [-0.39, 0.29) is 18.0 Å². The first-order chi connectivity index (χ1) is 15.6. The van der Waals surface area contributed by atoms with Crippen LogP contribution in [0.1, 0.15) is 43.5 Å². The number of hydrogen-bond donors (Lipinski definition) is 0. The molecule has 2 aliphatic heterocycles. The normalized spacial score (nSPS) is 18.2. The zero-order valence-electron chi connectivity index (χ0n) is 18.2. The van der Waals surface area contributed by atoms with Crippen molar-refractivity contribution in [2.75, 3.05) is 31.1 Å². The third-order valence-electron chi connectivity index (χ3n) is 6.42. The first-order valence-electron chi connectivity index (χ1n) is 11.1. The SMILES string of the molecule is Cc1ccccc1N1CCN(C(=O)c2ccc3c(c2)CC(c2ccccc2)OC3=O)CC1. The van der Waals surface area contributed by atoms with Gasteiger partial charge in [-0.2, -0.15) is 0 Å². The van der Waals surface area contributed by atoms with Gasteiger partial charge in [-0.1, -0.05) is 48.5 Å². The highest BCUT2D eigenvalue weighted by Gasteiger charge is 2.29. The van der Waals surface area contributed by atoms with Gasteiger partial charge in [-0.25, -0.2) is 4.79 Å².